The minimum Gasteiger partial charge on any atom is -0.367 e. The predicted octanol–water partition coefficient (Wildman–Crippen LogP) is 2.36. The lowest BCUT2D eigenvalue weighted by atomic mass is 10.2. The third kappa shape index (κ3) is 4.32. The fourth-order valence-corrected chi connectivity index (χ4v) is 2.52. The monoisotopic (exact) mass is 310 g/mol. The third-order valence-corrected chi connectivity index (χ3v) is 3.68. The van der Waals surface area contributed by atoms with E-state index < -0.39 is 11.6 Å². The van der Waals surface area contributed by atoms with Crippen molar-refractivity contribution < 1.29 is 8.78 Å². The summed E-state index contributed by atoms with van der Waals surface area (Å²) in [6, 6.07) is 3.92. The summed E-state index contributed by atoms with van der Waals surface area (Å²) < 4.78 is 26.8. The SMILES string of the molecule is CN=C(NCC(C)C)NC1CCN(c2ccc(F)cc2F)C1. The maximum absolute atomic E-state index is 13.8. The Labute approximate surface area is 130 Å². The van der Waals surface area contributed by atoms with E-state index in [0.29, 0.717) is 18.2 Å². The Morgan fingerprint density at radius 1 is 1.41 bits per heavy atom. The van der Waals surface area contributed by atoms with Crippen LogP contribution in [0.4, 0.5) is 14.5 Å². The predicted molar refractivity (Wildman–Crippen MR) is 86.3 cm³/mol. The molecule has 4 nitrogen and oxygen atoms in total. The Bertz CT molecular complexity index is 531. The van der Waals surface area contributed by atoms with Gasteiger partial charge < -0.3 is 15.5 Å². The summed E-state index contributed by atoms with van der Waals surface area (Å²) in [4.78, 5) is 6.14. The molecule has 1 unspecified atom stereocenters. The molecule has 2 rings (SSSR count). The second-order valence-electron chi connectivity index (χ2n) is 6.02. The lowest BCUT2D eigenvalue weighted by Crippen LogP contribution is -2.45. The summed E-state index contributed by atoms with van der Waals surface area (Å²) in [6.07, 6.45) is 0.888. The van der Waals surface area contributed by atoms with Gasteiger partial charge >= 0.3 is 0 Å². The Morgan fingerprint density at radius 2 is 2.18 bits per heavy atom. The quantitative estimate of drug-likeness (QED) is 0.662. The lowest BCUT2D eigenvalue weighted by Gasteiger charge is -2.21. The van der Waals surface area contributed by atoms with Crippen LogP contribution < -0.4 is 15.5 Å². The highest BCUT2D eigenvalue weighted by Crippen LogP contribution is 2.24. The molecule has 1 saturated heterocycles. The van der Waals surface area contributed by atoms with E-state index in [1.54, 1.807) is 7.05 Å². The van der Waals surface area contributed by atoms with E-state index in [1.165, 1.54) is 12.1 Å². The van der Waals surface area contributed by atoms with Crippen LogP contribution in [0, 0.1) is 17.6 Å². The van der Waals surface area contributed by atoms with Gasteiger partial charge in [0.05, 0.1) is 5.69 Å². The van der Waals surface area contributed by atoms with Crippen LogP contribution in [0.15, 0.2) is 23.2 Å². The number of anilines is 1. The number of benzene rings is 1. The molecule has 0 amide bonds. The normalized spacial score (nSPS) is 18.9. The van der Waals surface area contributed by atoms with Gasteiger partial charge in [0.1, 0.15) is 11.6 Å². The lowest BCUT2D eigenvalue weighted by molar-refractivity contribution is 0.579. The highest BCUT2D eigenvalue weighted by atomic mass is 19.1. The molecule has 0 aromatic heterocycles. The van der Waals surface area contributed by atoms with Crippen molar-refractivity contribution >= 4 is 11.6 Å². The molecule has 122 valence electrons. The van der Waals surface area contributed by atoms with Crippen LogP contribution >= 0.6 is 0 Å². The number of nitrogens with zero attached hydrogens (tertiary/aromatic N) is 2. The van der Waals surface area contributed by atoms with Crippen LogP contribution in [-0.4, -0.2) is 38.7 Å². The molecule has 1 aliphatic rings. The first-order valence-corrected chi connectivity index (χ1v) is 7.66. The van der Waals surface area contributed by atoms with Gasteiger partial charge in [0.2, 0.25) is 0 Å². The van der Waals surface area contributed by atoms with Gasteiger partial charge in [-0.1, -0.05) is 13.8 Å². The standard InChI is InChI=1S/C16H24F2N4/c1-11(2)9-20-16(19-3)21-13-6-7-22(10-13)15-5-4-12(17)8-14(15)18/h4-5,8,11,13H,6-7,9-10H2,1-3H3,(H2,19,20,21). The summed E-state index contributed by atoms with van der Waals surface area (Å²) in [5.74, 6) is 0.239. The number of rotatable bonds is 4. The van der Waals surface area contributed by atoms with Gasteiger partial charge in [-0.25, -0.2) is 8.78 Å². The average Bonchev–Trinajstić information content (AvgIpc) is 2.91. The summed E-state index contributed by atoms with van der Waals surface area (Å²) in [5.41, 5.74) is 0.454. The fourth-order valence-electron chi connectivity index (χ4n) is 2.52. The molecule has 0 bridgehead atoms. The van der Waals surface area contributed by atoms with Crippen molar-refractivity contribution in [1.82, 2.24) is 10.6 Å². The minimum absolute atomic E-state index is 0.197. The molecule has 1 aromatic carbocycles. The second kappa shape index (κ2) is 7.42. The minimum atomic E-state index is -0.548. The highest BCUT2D eigenvalue weighted by Gasteiger charge is 2.25. The topological polar surface area (TPSA) is 39.7 Å². The molecular formula is C16H24F2N4. The van der Waals surface area contributed by atoms with Crippen molar-refractivity contribution in [3.63, 3.8) is 0 Å². The summed E-state index contributed by atoms with van der Waals surface area (Å²) >= 11 is 0. The summed E-state index contributed by atoms with van der Waals surface area (Å²) in [5, 5.41) is 6.62. The maximum Gasteiger partial charge on any atom is 0.191 e. The van der Waals surface area contributed by atoms with E-state index in [9.17, 15) is 8.78 Å². The molecule has 1 aliphatic heterocycles. The highest BCUT2D eigenvalue weighted by molar-refractivity contribution is 5.80. The van der Waals surface area contributed by atoms with Crippen molar-refractivity contribution in [2.24, 2.45) is 10.9 Å². The molecule has 0 radical (unpaired) electrons. The van der Waals surface area contributed by atoms with Gasteiger partial charge in [-0.2, -0.15) is 0 Å². The zero-order valence-corrected chi connectivity index (χ0v) is 13.4. The Morgan fingerprint density at radius 3 is 2.82 bits per heavy atom. The van der Waals surface area contributed by atoms with Gasteiger partial charge in [0, 0.05) is 38.8 Å². The molecule has 1 atom stereocenters. The van der Waals surface area contributed by atoms with E-state index in [2.05, 4.69) is 29.5 Å². The van der Waals surface area contributed by atoms with Gasteiger partial charge in [0.15, 0.2) is 5.96 Å². The second-order valence-corrected chi connectivity index (χ2v) is 6.02. The zero-order valence-electron chi connectivity index (χ0n) is 13.4. The van der Waals surface area contributed by atoms with Crippen molar-refractivity contribution in [1.29, 1.82) is 0 Å². The van der Waals surface area contributed by atoms with Crippen LogP contribution in [0.5, 0.6) is 0 Å². The molecule has 0 aliphatic carbocycles. The number of hydrogen-bond acceptors (Lipinski definition) is 2. The fraction of sp³-hybridized carbons (Fsp3) is 0.562. The van der Waals surface area contributed by atoms with Gasteiger partial charge in [-0.15, -0.1) is 0 Å². The molecule has 2 N–H and O–H groups in total. The number of hydrogen-bond donors (Lipinski definition) is 2. The van der Waals surface area contributed by atoms with Crippen LogP contribution in [0.25, 0.3) is 0 Å². The van der Waals surface area contributed by atoms with Crippen molar-refractivity contribution in [2.45, 2.75) is 26.3 Å². The smallest absolute Gasteiger partial charge is 0.191 e. The number of halogens is 2. The van der Waals surface area contributed by atoms with Crippen molar-refractivity contribution in [3.05, 3.63) is 29.8 Å². The molecule has 0 spiro atoms. The van der Waals surface area contributed by atoms with Crippen molar-refractivity contribution in [3.8, 4) is 0 Å². The Kier molecular flexibility index (Phi) is 5.57. The molecule has 1 heterocycles. The van der Waals surface area contributed by atoms with E-state index in [1.807, 2.05) is 4.90 Å². The van der Waals surface area contributed by atoms with Gasteiger partial charge in [-0.3, -0.25) is 4.99 Å². The third-order valence-electron chi connectivity index (χ3n) is 3.68. The number of aliphatic imine (C=N–C) groups is 1. The van der Waals surface area contributed by atoms with Crippen LogP contribution in [0.2, 0.25) is 0 Å². The first kappa shape index (κ1) is 16.5. The van der Waals surface area contributed by atoms with E-state index >= 15 is 0 Å². The van der Waals surface area contributed by atoms with Crippen molar-refractivity contribution in [2.75, 3.05) is 31.6 Å². The Balaban J connectivity index is 1.92. The van der Waals surface area contributed by atoms with Crippen LogP contribution in [0.3, 0.4) is 0 Å². The zero-order chi connectivity index (χ0) is 16.1. The first-order chi connectivity index (χ1) is 10.5. The number of guanidine groups is 1. The molecule has 1 fully saturated rings. The van der Waals surface area contributed by atoms with Crippen LogP contribution in [-0.2, 0) is 0 Å². The molecule has 0 saturated carbocycles. The average molecular weight is 310 g/mol. The number of nitrogens with one attached hydrogen (secondary N) is 2. The maximum atomic E-state index is 13.8. The van der Waals surface area contributed by atoms with Crippen LogP contribution in [0.1, 0.15) is 20.3 Å². The van der Waals surface area contributed by atoms with Gasteiger partial charge in [0.25, 0.3) is 0 Å². The largest absolute Gasteiger partial charge is 0.367 e. The Hall–Kier alpha value is -1.85. The van der Waals surface area contributed by atoms with E-state index in [-0.39, 0.29) is 6.04 Å². The summed E-state index contributed by atoms with van der Waals surface area (Å²) in [7, 11) is 1.74. The van der Waals surface area contributed by atoms with E-state index in [0.717, 1.165) is 31.5 Å². The van der Waals surface area contributed by atoms with Gasteiger partial charge in [-0.05, 0) is 24.5 Å². The molecule has 1 aromatic rings. The van der Waals surface area contributed by atoms with E-state index in [4.69, 9.17) is 0 Å². The first-order valence-electron chi connectivity index (χ1n) is 7.66. The molecule has 22 heavy (non-hydrogen) atoms. The molecule has 6 heteroatoms. The summed E-state index contributed by atoms with van der Waals surface area (Å²) in [6.45, 7) is 6.53. The molecular weight excluding hydrogens is 286 g/mol.